The minimum atomic E-state index is -0.189. The topological polar surface area (TPSA) is 72.8 Å². The summed E-state index contributed by atoms with van der Waals surface area (Å²) in [6.07, 6.45) is 20.7. The molecule has 0 atom stereocenters. The van der Waals surface area contributed by atoms with E-state index < -0.39 is 0 Å². The van der Waals surface area contributed by atoms with Crippen LogP contribution in [0.5, 0.6) is 0 Å². The summed E-state index contributed by atoms with van der Waals surface area (Å²) < 4.78 is 10.2. The Balaban J connectivity index is 1.72. The van der Waals surface area contributed by atoms with Gasteiger partial charge in [-0.25, -0.2) is 0 Å². The highest BCUT2D eigenvalue weighted by Gasteiger charge is 2.03. The van der Waals surface area contributed by atoms with E-state index in [0.29, 0.717) is 19.4 Å². The molecule has 5 heteroatoms. The van der Waals surface area contributed by atoms with Crippen molar-refractivity contribution in [2.75, 3.05) is 13.2 Å². The molecule has 0 aromatic heterocycles. The maximum Gasteiger partial charge on any atom is 0.306 e. The molecule has 1 rings (SSSR count). The van der Waals surface area contributed by atoms with Crippen LogP contribution in [0, 0.1) is 0 Å². The summed E-state index contributed by atoms with van der Waals surface area (Å²) in [4.78, 5) is 23.1. The number of hydrogen-bond acceptors (Lipinski definition) is 5. The molecule has 0 heterocycles. The van der Waals surface area contributed by atoms with Gasteiger partial charge >= 0.3 is 11.9 Å². The summed E-state index contributed by atoms with van der Waals surface area (Å²) in [5, 5.41) is 8.60. The van der Waals surface area contributed by atoms with Crippen LogP contribution in [0.4, 0.5) is 0 Å². The second-order valence-electron chi connectivity index (χ2n) is 9.25. The van der Waals surface area contributed by atoms with Crippen LogP contribution in [-0.4, -0.2) is 30.3 Å². The van der Waals surface area contributed by atoms with Gasteiger partial charge in [0.2, 0.25) is 0 Å². The molecule has 34 heavy (non-hydrogen) atoms. The first-order valence-electron chi connectivity index (χ1n) is 13.7. The van der Waals surface area contributed by atoms with E-state index in [4.69, 9.17) is 14.6 Å². The molecule has 0 radical (unpaired) electrons. The molecule has 0 unspecified atom stereocenters. The van der Waals surface area contributed by atoms with Crippen molar-refractivity contribution in [1.82, 2.24) is 0 Å². The lowest BCUT2D eigenvalue weighted by Crippen LogP contribution is -2.07. The van der Waals surface area contributed by atoms with Gasteiger partial charge in [-0.15, -0.1) is 0 Å². The average molecular weight is 477 g/mol. The maximum absolute atomic E-state index is 11.8. The number of aliphatic hydroxyl groups is 1. The van der Waals surface area contributed by atoms with Gasteiger partial charge in [0.25, 0.3) is 0 Å². The van der Waals surface area contributed by atoms with Gasteiger partial charge in [0, 0.05) is 12.8 Å². The quantitative estimate of drug-likeness (QED) is 0.133. The number of ether oxygens (including phenoxy) is 2. The lowest BCUT2D eigenvalue weighted by Gasteiger charge is -2.05. The van der Waals surface area contributed by atoms with Gasteiger partial charge in [-0.1, -0.05) is 120 Å². The zero-order valence-electron chi connectivity index (χ0n) is 21.3. The Bertz CT molecular complexity index is 602. The minimum Gasteiger partial charge on any atom is -0.463 e. The Hall–Kier alpha value is -1.88. The number of carbonyl (C=O) groups is 2. The first-order valence-corrected chi connectivity index (χ1v) is 13.7. The van der Waals surface area contributed by atoms with Crippen molar-refractivity contribution in [3.8, 4) is 0 Å². The van der Waals surface area contributed by atoms with Gasteiger partial charge in [-0.05, 0) is 18.4 Å². The number of hydrogen-bond donors (Lipinski definition) is 1. The molecule has 0 aliphatic carbocycles. The summed E-state index contributed by atoms with van der Waals surface area (Å²) in [7, 11) is 0. The van der Waals surface area contributed by atoms with Gasteiger partial charge in [-0.2, -0.15) is 0 Å². The van der Waals surface area contributed by atoms with E-state index in [1.54, 1.807) is 0 Å². The fourth-order valence-electron chi connectivity index (χ4n) is 4.06. The molecule has 1 aromatic rings. The molecule has 0 bridgehead atoms. The monoisotopic (exact) mass is 476 g/mol. The van der Waals surface area contributed by atoms with E-state index in [1.807, 2.05) is 30.3 Å². The molecule has 0 spiro atoms. The predicted octanol–water partition coefficient (Wildman–Crippen LogP) is 7.29. The van der Waals surface area contributed by atoms with Crippen LogP contribution in [0.2, 0.25) is 0 Å². The van der Waals surface area contributed by atoms with Gasteiger partial charge in [0.05, 0.1) is 6.61 Å². The van der Waals surface area contributed by atoms with Gasteiger partial charge in [0.1, 0.15) is 13.2 Å². The second kappa shape index (κ2) is 22.9. The van der Waals surface area contributed by atoms with E-state index in [0.717, 1.165) is 31.2 Å². The minimum absolute atomic E-state index is 0.0826. The SMILES string of the molecule is O=C(CCCCCCCCCCCCCCCCCCC(=O)OCc1ccccc1)OCCO. The molecule has 0 saturated carbocycles. The second-order valence-corrected chi connectivity index (χ2v) is 9.25. The zero-order chi connectivity index (χ0) is 24.5. The van der Waals surface area contributed by atoms with Crippen LogP contribution in [0.25, 0.3) is 0 Å². The molecular formula is C29H48O5. The number of rotatable bonds is 23. The molecule has 0 aliphatic rings. The highest BCUT2D eigenvalue weighted by Crippen LogP contribution is 2.14. The average Bonchev–Trinajstić information content (AvgIpc) is 2.86. The molecule has 0 aliphatic heterocycles. The van der Waals surface area contributed by atoms with Crippen molar-refractivity contribution in [3.63, 3.8) is 0 Å². The van der Waals surface area contributed by atoms with Crippen LogP contribution in [0.15, 0.2) is 30.3 Å². The first-order chi connectivity index (χ1) is 16.7. The molecule has 194 valence electrons. The van der Waals surface area contributed by atoms with Crippen LogP contribution >= 0.6 is 0 Å². The number of aliphatic hydroxyl groups excluding tert-OH is 1. The van der Waals surface area contributed by atoms with Crippen molar-refractivity contribution >= 4 is 11.9 Å². The van der Waals surface area contributed by atoms with E-state index in [-0.39, 0.29) is 25.2 Å². The van der Waals surface area contributed by atoms with Gasteiger partial charge in [0.15, 0.2) is 0 Å². The zero-order valence-corrected chi connectivity index (χ0v) is 21.3. The number of unbranched alkanes of at least 4 members (excludes halogenated alkanes) is 15. The Labute approximate surface area is 207 Å². The van der Waals surface area contributed by atoms with E-state index >= 15 is 0 Å². The number of carbonyl (C=O) groups excluding carboxylic acids is 2. The molecule has 1 aromatic carbocycles. The molecule has 0 amide bonds. The molecule has 0 saturated heterocycles. The summed E-state index contributed by atoms with van der Waals surface area (Å²) in [6.45, 7) is 0.406. The molecule has 5 nitrogen and oxygen atoms in total. The summed E-state index contributed by atoms with van der Waals surface area (Å²) in [6, 6.07) is 9.83. The van der Waals surface area contributed by atoms with E-state index in [2.05, 4.69) is 0 Å². The lowest BCUT2D eigenvalue weighted by molar-refractivity contribution is -0.145. The largest absolute Gasteiger partial charge is 0.463 e. The van der Waals surface area contributed by atoms with Gasteiger partial charge < -0.3 is 14.6 Å². The predicted molar refractivity (Wildman–Crippen MR) is 137 cm³/mol. The summed E-state index contributed by atoms with van der Waals surface area (Å²) >= 11 is 0. The molecular weight excluding hydrogens is 428 g/mol. The van der Waals surface area contributed by atoms with E-state index in [1.165, 1.54) is 77.0 Å². The third kappa shape index (κ3) is 19.6. The Morgan fingerprint density at radius 2 is 0.941 bits per heavy atom. The summed E-state index contributed by atoms with van der Waals surface area (Å²) in [5.41, 5.74) is 1.04. The van der Waals surface area contributed by atoms with E-state index in [9.17, 15) is 9.59 Å². The standard InChI is InChI=1S/C29H48O5/c30-24-25-33-28(31)22-18-13-11-9-7-5-3-1-2-4-6-8-10-12-14-19-23-29(32)34-26-27-20-16-15-17-21-27/h15-17,20-21,30H,1-14,18-19,22-26H2. The van der Waals surface area contributed by atoms with Crippen molar-refractivity contribution in [2.24, 2.45) is 0 Å². The maximum atomic E-state index is 11.8. The fraction of sp³-hybridized carbons (Fsp3) is 0.724. The Kier molecular flexibility index (Phi) is 20.3. The normalized spacial score (nSPS) is 10.9. The van der Waals surface area contributed by atoms with Crippen molar-refractivity contribution in [1.29, 1.82) is 0 Å². The smallest absolute Gasteiger partial charge is 0.306 e. The number of esters is 2. The third-order valence-electron chi connectivity index (χ3n) is 6.11. The highest BCUT2D eigenvalue weighted by atomic mass is 16.5. The van der Waals surface area contributed by atoms with Crippen LogP contribution in [0.1, 0.15) is 121 Å². The van der Waals surface area contributed by atoms with Crippen molar-refractivity contribution in [3.05, 3.63) is 35.9 Å². The molecule has 1 N–H and O–H groups in total. The third-order valence-corrected chi connectivity index (χ3v) is 6.11. The van der Waals surface area contributed by atoms with Gasteiger partial charge in [-0.3, -0.25) is 9.59 Å². The lowest BCUT2D eigenvalue weighted by atomic mass is 10.0. The van der Waals surface area contributed by atoms with Crippen molar-refractivity contribution < 1.29 is 24.2 Å². The van der Waals surface area contributed by atoms with Crippen LogP contribution in [0.3, 0.4) is 0 Å². The van der Waals surface area contributed by atoms with Crippen molar-refractivity contribution in [2.45, 2.75) is 122 Å². The fourth-order valence-corrected chi connectivity index (χ4v) is 4.06. The molecule has 0 fully saturated rings. The Morgan fingerprint density at radius 3 is 1.35 bits per heavy atom. The Morgan fingerprint density at radius 1 is 0.559 bits per heavy atom. The summed E-state index contributed by atoms with van der Waals surface area (Å²) in [5.74, 6) is -0.272. The van der Waals surface area contributed by atoms with Crippen LogP contribution < -0.4 is 0 Å². The first kappa shape index (κ1) is 30.2. The highest BCUT2D eigenvalue weighted by molar-refractivity contribution is 5.69. The van der Waals surface area contributed by atoms with Crippen LogP contribution in [-0.2, 0) is 25.7 Å². The number of benzene rings is 1.